The number of piperazine rings is 1. The normalized spacial score (nSPS) is 14.7. The number of thiazole rings is 1. The molecule has 1 fully saturated rings. The molecule has 0 spiro atoms. The Morgan fingerprint density at radius 3 is 2.55 bits per heavy atom. The van der Waals surface area contributed by atoms with Crippen LogP contribution in [-0.4, -0.2) is 65.0 Å². The molecule has 3 heterocycles. The van der Waals surface area contributed by atoms with Gasteiger partial charge in [0.2, 0.25) is 0 Å². The Labute approximate surface area is 174 Å². The van der Waals surface area contributed by atoms with Crippen LogP contribution in [0.15, 0.2) is 54.7 Å². The van der Waals surface area contributed by atoms with Gasteiger partial charge in [0.05, 0.1) is 11.4 Å². The fourth-order valence-electron chi connectivity index (χ4n) is 3.32. The minimum Gasteiger partial charge on any atom is -0.492 e. The number of aryl methyl sites for hydroxylation is 1. The molecule has 1 amide bonds. The van der Waals surface area contributed by atoms with Crippen LogP contribution in [0.25, 0.3) is 10.7 Å². The molecule has 1 aliphatic heterocycles. The summed E-state index contributed by atoms with van der Waals surface area (Å²) in [6, 6.07) is 15.6. The number of ether oxygens (including phenoxy) is 1. The highest BCUT2D eigenvalue weighted by molar-refractivity contribution is 7.17. The lowest BCUT2D eigenvalue weighted by Gasteiger charge is -2.34. The molecule has 0 unspecified atom stereocenters. The van der Waals surface area contributed by atoms with Gasteiger partial charge in [0, 0.05) is 38.9 Å². The van der Waals surface area contributed by atoms with Crippen LogP contribution in [0.2, 0.25) is 0 Å². The van der Waals surface area contributed by atoms with E-state index in [-0.39, 0.29) is 5.91 Å². The number of carbonyl (C=O) groups is 1. The zero-order valence-corrected chi connectivity index (χ0v) is 17.3. The molecule has 4 rings (SSSR count). The van der Waals surface area contributed by atoms with Gasteiger partial charge in [0.25, 0.3) is 5.91 Å². The van der Waals surface area contributed by atoms with Crippen LogP contribution in [0.3, 0.4) is 0 Å². The summed E-state index contributed by atoms with van der Waals surface area (Å²) in [7, 11) is 0. The van der Waals surface area contributed by atoms with Crippen molar-refractivity contribution >= 4 is 17.2 Å². The van der Waals surface area contributed by atoms with Crippen LogP contribution in [0.4, 0.5) is 0 Å². The monoisotopic (exact) mass is 408 g/mol. The molecule has 150 valence electrons. The van der Waals surface area contributed by atoms with Gasteiger partial charge < -0.3 is 9.64 Å². The molecule has 1 saturated heterocycles. The number of pyridine rings is 1. The van der Waals surface area contributed by atoms with E-state index in [2.05, 4.69) is 14.9 Å². The summed E-state index contributed by atoms with van der Waals surface area (Å²) in [6.45, 7) is 6.57. The van der Waals surface area contributed by atoms with Gasteiger partial charge in [-0.15, -0.1) is 11.3 Å². The number of rotatable bonds is 6. The fraction of sp³-hybridized carbons (Fsp3) is 0.318. The van der Waals surface area contributed by atoms with Crippen LogP contribution < -0.4 is 4.74 Å². The van der Waals surface area contributed by atoms with Gasteiger partial charge in [-0.25, -0.2) is 4.98 Å². The SMILES string of the molecule is Cc1nc(-c2ccccn2)sc1C(=O)N1CCN(CCOc2ccccc2)CC1. The van der Waals surface area contributed by atoms with E-state index in [0.29, 0.717) is 11.5 Å². The Kier molecular flexibility index (Phi) is 6.17. The molecule has 3 aromatic rings. The van der Waals surface area contributed by atoms with Gasteiger partial charge in [0.15, 0.2) is 0 Å². The number of para-hydroxylation sites is 1. The highest BCUT2D eigenvalue weighted by Crippen LogP contribution is 2.27. The first-order valence-electron chi connectivity index (χ1n) is 9.79. The lowest BCUT2D eigenvalue weighted by atomic mass is 10.2. The maximum Gasteiger partial charge on any atom is 0.265 e. The number of benzene rings is 1. The number of hydrogen-bond acceptors (Lipinski definition) is 6. The first-order chi connectivity index (χ1) is 14.2. The second kappa shape index (κ2) is 9.15. The van der Waals surface area contributed by atoms with Crippen molar-refractivity contribution in [1.29, 1.82) is 0 Å². The van der Waals surface area contributed by atoms with Crippen LogP contribution in [0.1, 0.15) is 15.4 Å². The number of aromatic nitrogens is 2. The quantitative estimate of drug-likeness (QED) is 0.626. The zero-order chi connectivity index (χ0) is 20.1. The molecule has 2 aromatic heterocycles. The summed E-state index contributed by atoms with van der Waals surface area (Å²) >= 11 is 1.43. The van der Waals surface area contributed by atoms with Crippen molar-refractivity contribution in [2.45, 2.75) is 6.92 Å². The predicted octanol–water partition coefficient (Wildman–Crippen LogP) is 3.35. The first-order valence-corrected chi connectivity index (χ1v) is 10.6. The highest BCUT2D eigenvalue weighted by atomic mass is 32.1. The summed E-state index contributed by atoms with van der Waals surface area (Å²) < 4.78 is 5.78. The number of carbonyl (C=O) groups excluding carboxylic acids is 1. The summed E-state index contributed by atoms with van der Waals surface area (Å²) in [4.78, 5) is 26.9. The first kappa shape index (κ1) is 19.5. The molecule has 7 heteroatoms. The fourth-order valence-corrected chi connectivity index (χ4v) is 4.33. The van der Waals surface area contributed by atoms with Crippen molar-refractivity contribution in [3.05, 3.63) is 65.3 Å². The van der Waals surface area contributed by atoms with Gasteiger partial charge in [-0.05, 0) is 31.2 Å². The zero-order valence-electron chi connectivity index (χ0n) is 16.5. The number of nitrogens with zero attached hydrogens (tertiary/aromatic N) is 4. The van der Waals surface area contributed by atoms with E-state index < -0.39 is 0 Å². The summed E-state index contributed by atoms with van der Waals surface area (Å²) in [5.74, 6) is 0.966. The molecule has 0 aliphatic carbocycles. The number of amides is 1. The lowest BCUT2D eigenvalue weighted by molar-refractivity contribution is 0.0624. The van der Waals surface area contributed by atoms with Gasteiger partial charge >= 0.3 is 0 Å². The van der Waals surface area contributed by atoms with E-state index in [4.69, 9.17) is 4.74 Å². The van der Waals surface area contributed by atoms with Crippen LogP contribution in [-0.2, 0) is 0 Å². The topological polar surface area (TPSA) is 58.6 Å². The number of hydrogen-bond donors (Lipinski definition) is 0. The lowest BCUT2D eigenvalue weighted by Crippen LogP contribution is -2.49. The minimum atomic E-state index is 0.0716. The van der Waals surface area contributed by atoms with Crippen molar-refractivity contribution in [3.63, 3.8) is 0 Å². The van der Waals surface area contributed by atoms with Crippen molar-refractivity contribution < 1.29 is 9.53 Å². The van der Waals surface area contributed by atoms with Crippen molar-refractivity contribution in [3.8, 4) is 16.5 Å². The van der Waals surface area contributed by atoms with E-state index in [9.17, 15) is 4.79 Å². The van der Waals surface area contributed by atoms with Gasteiger partial charge in [0.1, 0.15) is 22.2 Å². The highest BCUT2D eigenvalue weighted by Gasteiger charge is 2.25. The standard InChI is InChI=1S/C22H24N4O2S/c1-17-20(29-21(24-17)19-9-5-6-10-23-19)22(27)26-13-11-25(12-14-26)15-16-28-18-7-3-2-4-8-18/h2-10H,11-16H2,1H3. The second-order valence-corrected chi connectivity index (χ2v) is 7.94. The average Bonchev–Trinajstić information content (AvgIpc) is 3.17. The van der Waals surface area contributed by atoms with Gasteiger partial charge in [-0.2, -0.15) is 0 Å². The van der Waals surface area contributed by atoms with Gasteiger partial charge in [-0.3, -0.25) is 14.7 Å². The molecule has 29 heavy (non-hydrogen) atoms. The largest absolute Gasteiger partial charge is 0.492 e. The molecule has 0 atom stereocenters. The Hall–Kier alpha value is -2.77. The smallest absolute Gasteiger partial charge is 0.265 e. The van der Waals surface area contributed by atoms with Gasteiger partial charge in [-0.1, -0.05) is 24.3 Å². The van der Waals surface area contributed by atoms with E-state index in [1.807, 2.05) is 60.4 Å². The minimum absolute atomic E-state index is 0.0716. The third-order valence-corrected chi connectivity index (χ3v) is 6.12. The maximum absolute atomic E-state index is 13.0. The second-order valence-electron chi connectivity index (χ2n) is 6.94. The molecule has 1 aliphatic rings. The molecule has 0 radical (unpaired) electrons. The summed E-state index contributed by atoms with van der Waals surface area (Å²) in [5.41, 5.74) is 1.59. The van der Waals surface area contributed by atoms with Crippen molar-refractivity contribution in [2.75, 3.05) is 39.3 Å². The molecular formula is C22H24N4O2S. The average molecular weight is 409 g/mol. The van der Waals surface area contributed by atoms with Crippen molar-refractivity contribution in [2.24, 2.45) is 0 Å². The molecule has 0 saturated carbocycles. The van der Waals surface area contributed by atoms with Crippen molar-refractivity contribution in [1.82, 2.24) is 19.8 Å². The molecular weight excluding hydrogens is 384 g/mol. The molecule has 1 aromatic carbocycles. The summed E-state index contributed by atoms with van der Waals surface area (Å²) in [6.07, 6.45) is 1.74. The Balaban J connectivity index is 1.29. The summed E-state index contributed by atoms with van der Waals surface area (Å²) in [5, 5.41) is 0.795. The van der Waals surface area contributed by atoms with Crippen LogP contribution >= 0.6 is 11.3 Å². The molecule has 0 N–H and O–H groups in total. The molecule has 0 bridgehead atoms. The Morgan fingerprint density at radius 2 is 1.83 bits per heavy atom. The predicted molar refractivity (Wildman–Crippen MR) is 114 cm³/mol. The van der Waals surface area contributed by atoms with E-state index in [1.54, 1.807) is 6.20 Å². The van der Waals surface area contributed by atoms with E-state index in [1.165, 1.54) is 11.3 Å². The third kappa shape index (κ3) is 4.81. The van der Waals surface area contributed by atoms with E-state index in [0.717, 1.165) is 54.9 Å². The molecule has 6 nitrogen and oxygen atoms in total. The van der Waals surface area contributed by atoms with Crippen LogP contribution in [0.5, 0.6) is 5.75 Å². The Morgan fingerprint density at radius 1 is 1.07 bits per heavy atom. The Bertz CT molecular complexity index is 938. The van der Waals surface area contributed by atoms with E-state index >= 15 is 0 Å². The maximum atomic E-state index is 13.0. The third-order valence-electron chi connectivity index (χ3n) is 4.95. The van der Waals surface area contributed by atoms with Crippen LogP contribution in [0, 0.1) is 6.92 Å².